The molecule has 0 aliphatic heterocycles. The number of rotatable bonds is 4. The van der Waals surface area contributed by atoms with Crippen LogP contribution in [0.1, 0.15) is 28.0 Å². The molecule has 1 N–H and O–H groups in total. The molecule has 2 aromatic rings. The molecule has 1 aliphatic rings. The van der Waals surface area contributed by atoms with Crippen LogP contribution in [-0.4, -0.2) is 10.8 Å². The smallest absolute Gasteiger partial charge is 0.269 e. The standard InChI is InChI=1S/C17H13N3O3S/c18-10-14-13-2-1-3-15(13)24-17(14)19-16(21)9-6-11-4-7-12(8-5-11)20(22)23/h4-9H,1-3H2,(H,19,21)/b9-6+. The Morgan fingerprint density at radius 1 is 1.33 bits per heavy atom. The predicted octanol–water partition coefficient (Wildman–Crippen LogP) is 3.67. The highest BCUT2D eigenvalue weighted by Gasteiger charge is 2.22. The number of nitriles is 1. The molecule has 1 heterocycles. The highest BCUT2D eigenvalue weighted by atomic mass is 32.1. The van der Waals surface area contributed by atoms with Gasteiger partial charge in [-0.2, -0.15) is 5.26 Å². The fraction of sp³-hybridized carbons (Fsp3) is 0.176. The number of nitro benzene ring substituents is 1. The highest BCUT2D eigenvalue weighted by Crippen LogP contribution is 2.38. The van der Waals surface area contributed by atoms with Crippen LogP contribution in [0.3, 0.4) is 0 Å². The minimum atomic E-state index is -0.473. The van der Waals surface area contributed by atoms with E-state index in [4.69, 9.17) is 0 Å². The van der Waals surface area contributed by atoms with Gasteiger partial charge in [0, 0.05) is 23.1 Å². The predicted molar refractivity (Wildman–Crippen MR) is 91.8 cm³/mol. The second-order valence-electron chi connectivity index (χ2n) is 5.34. The Morgan fingerprint density at radius 2 is 2.08 bits per heavy atom. The first-order valence-electron chi connectivity index (χ1n) is 7.36. The molecular formula is C17H13N3O3S. The molecule has 1 aromatic heterocycles. The van der Waals surface area contributed by atoms with Gasteiger partial charge < -0.3 is 5.32 Å². The van der Waals surface area contributed by atoms with Gasteiger partial charge in [-0.05, 0) is 48.6 Å². The molecule has 24 heavy (non-hydrogen) atoms. The third-order valence-corrected chi connectivity index (χ3v) is 5.01. The first-order chi connectivity index (χ1) is 11.6. The van der Waals surface area contributed by atoms with Gasteiger partial charge in [-0.25, -0.2) is 0 Å². The summed E-state index contributed by atoms with van der Waals surface area (Å²) >= 11 is 1.47. The number of nitrogens with one attached hydrogen (secondary N) is 1. The molecule has 7 heteroatoms. The van der Waals surface area contributed by atoms with E-state index < -0.39 is 4.92 Å². The molecular weight excluding hydrogens is 326 g/mol. The number of carbonyl (C=O) groups excluding carboxylic acids is 1. The summed E-state index contributed by atoms with van der Waals surface area (Å²) in [6.45, 7) is 0. The van der Waals surface area contributed by atoms with E-state index in [0.29, 0.717) is 16.1 Å². The van der Waals surface area contributed by atoms with Gasteiger partial charge in [0.1, 0.15) is 11.1 Å². The summed E-state index contributed by atoms with van der Waals surface area (Å²) in [5, 5.41) is 23.2. The third-order valence-electron chi connectivity index (χ3n) is 3.80. The monoisotopic (exact) mass is 339 g/mol. The van der Waals surface area contributed by atoms with Gasteiger partial charge >= 0.3 is 0 Å². The van der Waals surface area contributed by atoms with Gasteiger partial charge in [0.05, 0.1) is 10.5 Å². The van der Waals surface area contributed by atoms with Gasteiger partial charge in [-0.3, -0.25) is 14.9 Å². The lowest BCUT2D eigenvalue weighted by Gasteiger charge is -2.00. The summed E-state index contributed by atoms with van der Waals surface area (Å²) in [5.74, 6) is -0.329. The minimum absolute atomic E-state index is 0.00312. The van der Waals surface area contributed by atoms with E-state index in [1.54, 1.807) is 18.2 Å². The quantitative estimate of drug-likeness (QED) is 0.522. The number of non-ortho nitro benzene ring substituents is 1. The molecule has 0 atom stereocenters. The Balaban J connectivity index is 1.70. The molecule has 0 unspecified atom stereocenters. The van der Waals surface area contributed by atoms with Crippen molar-refractivity contribution >= 4 is 34.0 Å². The average Bonchev–Trinajstić information content (AvgIpc) is 3.13. The number of anilines is 1. The van der Waals surface area contributed by atoms with Crippen molar-refractivity contribution in [3.8, 4) is 6.07 Å². The number of thiophene rings is 1. The molecule has 6 nitrogen and oxygen atoms in total. The van der Waals surface area contributed by atoms with E-state index in [1.165, 1.54) is 34.4 Å². The summed E-state index contributed by atoms with van der Waals surface area (Å²) in [5.41, 5.74) is 2.33. The van der Waals surface area contributed by atoms with Crippen LogP contribution >= 0.6 is 11.3 Å². The topological polar surface area (TPSA) is 96.0 Å². The molecule has 0 bridgehead atoms. The Kier molecular flexibility index (Phi) is 4.40. The molecule has 0 saturated heterocycles. The van der Waals surface area contributed by atoms with Crippen molar-refractivity contribution in [2.75, 3.05) is 5.32 Å². The lowest BCUT2D eigenvalue weighted by atomic mass is 10.1. The van der Waals surface area contributed by atoms with Gasteiger partial charge in [0.2, 0.25) is 5.91 Å². The van der Waals surface area contributed by atoms with Crippen molar-refractivity contribution < 1.29 is 9.72 Å². The van der Waals surface area contributed by atoms with Gasteiger partial charge in [-0.1, -0.05) is 0 Å². The Hall–Kier alpha value is -2.98. The summed E-state index contributed by atoms with van der Waals surface area (Å²) in [4.78, 5) is 23.4. The lowest BCUT2D eigenvalue weighted by molar-refractivity contribution is -0.384. The number of hydrogen-bond acceptors (Lipinski definition) is 5. The van der Waals surface area contributed by atoms with Crippen LogP contribution < -0.4 is 5.32 Å². The zero-order valence-electron chi connectivity index (χ0n) is 12.6. The molecule has 1 amide bonds. The number of benzene rings is 1. The summed E-state index contributed by atoms with van der Waals surface area (Å²) in [7, 11) is 0. The van der Waals surface area contributed by atoms with Crippen LogP contribution in [0.15, 0.2) is 30.3 Å². The molecule has 0 radical (unpaired) electrons. The van der Waals surface area contributed by atoms with Crippen molar-refractivity contribution in [1.82, 2.24) is 0 Å². The number of fused-ring (bicyclic) bond motifs is 1. The van der Waals surface area contributed by atoms with Crippen molar-refractivity contribution in [2.24, 2.45) is 0 Å². The molecule has 1 aliphatic carbocycles. The Morgan fingerprint density at radius 3 is 2.75 bits per heavy atom. The van der Waals surface area contributed by atoms with Gasteiger partial charge in [0.15, 0.2) is 0 Å². The second-order valence-corrected chi connectivity index (χ2v) is 6.45. The van der Waals surface area contributed by atoms with E-state index >= 15 is 0 Å². The highest BCUT2D eigenvalue weighted by molar-refractivity contribution is 7.16. The van der Waals surface area contributed by atoms with E-state index in [9.17, 15) is 20.2 Å². The summed E-state index contributed by atoms with van der Waals surface area (Å²) < 4.78 is 0. The van der Waals surface area contributed by atoms with E-state index in [1.807, 2.05) is 0 Å². The molecule has 0 saturated carbocycles. The number of aryl methyl sites for hydroxylation is 1. The zero-order chi connectivity index (χ0) is 17.1. The van der Waals surface area contributed by atoms with Crippen LogP contribution in [-0.2, 0) is 17.6 Å². The van der Waals surface area contributed by atoms with E-state index in [-0.39, 0.29) is 11.6 Å². The van der Waals surface area contributed by atoms with Crippen LogP contribution in [0.4, 0.5) is 10.7 Å². The van der Waals surface area contributed by atoms with Crippen molar-refractivity contribution in [3.05, 3.63) is 62.0 Å². The lowest BCUT2D eigenvalue weighted by Crippen LogP contribution is -2.07. The number of nitro groups is 1. The number of carbonyl (C=O) groups is 1. The number of nitrogens with zero attached hydrogens (tertiary/aromatic N) is 2. The maximum absolute atomic E-state index is 12.0. The van der Waals surface area contributed by atoms with Crippen molar-refractivity contribution in [3.63, 3.8) is 0 Å². The number of hydrogen-bond donors (Lipinski definition) is 1. The van der Waals surface area contributed by atoms with Crippen LogP contribution in [0, 0.1) is 21.4 Å². The normalized spacial score (nSPS) is 12.8. The second kappa shape index (κ2) is 6.64. The molecule has 0 spiro atoms. The average molecular weight is 339 g/mol. The third kappa shape index (κ3) is 3.19. The first-order valence-corrected chi connectivity index (χ1v) is 8.18. The maximum atomic E-state index is 12.0. The largest absolute Gasteiger partial charge is 0.313 e. The van der Waals surface area contributed by atoms with E-state index in [2.05, 4.69) is 11.4 Å². The Labute approximate surface area is 142 Å². The van der Waals surface area contributed by atoms with Gasteiger partial charge in [0.25, 0.3) is 5.69 Å². The molecule has 1 aromatic carbocycles. The first kappa shape index (κ1) is 15.9. The van der Waals surface area contributed by atoms with Gasteiger partial charge in [-0.15, -0.1) is 11.3 Å². The fourth-order valence-electron chi connectivity index (χ4n) is 2.64. The van der Waals surface area contributed by atoms with Crippen LogP contribution in [0.2, 0.25) is 0 Å². The van der Waals surface area contributed by atoms with Crippen molar-refractivity contribution in [2.45, 2.75) is 19.3 Å². The van der Waals surface area contributed by atoms with Crippen molar-refractivity contribution in [1.29, 1.82) is 5.26 Å². The maximum Gasteiger partial charge on any atom is 0.269 e. The molecule has 0 fully saturated rings. The van der Waals surface area contributed by atoms with Crippen LogP contribution in [0.25, 0.3) is 6.08 Å². The fourth-order valence-corrected chi connectivity index (χ4v) is 3.89. The summed E-state index contributed by atoms with van der Waals surface area (Å²) in [6.07, 6.45) is 5.84. The Bertz CT molecular complexity index is 876. The minimum Gasteiger partial charge on any atom is -0.313 e. The summed E-state index contributed by atoms with van der Waals surface area (Å²) in [6, 6.07) is 8.09. The van der Waals surface area contributed by atoms with E-state index in [0.717, 1.165) is 24.8 Å². The SMILES string of the molecule is N#Cc1c(NC(=O)/C=C/c2ccc([N+](=O)[O-])cc2)sc2c1CCC2. The van der Waals surface area contributed by atoms with Crippen LogP contribution in [0.5, 0.6) is 0 Å². The number of amides is 1. The zero-order valence-corrected chi connectivity index (χ0v) is 13.4. The molecule has 3 rings (SSSR count). The molecule has 120 valence electrons.